The number of methoxy groups -OCH3 is 1. The number of hydrogen-bond acceptors (Lipinski definition) is 3. The predicted molar refractivity (Wildman–Crippen MR) is 120 cm³/mol. The number of carbonyl (C=O) groups is 1. The van der Waals surface area contributed by atoms with Crippen molar-refractivity contribution in [2.75, 3.05) is 33.8 Å². The van der Waals surface area contributed by atoms with Crippen molar-refractivity contribution in [2.45, 2.75) is 43.9 Å². The Balaban J connectivity index is 0.00000280. The number of benzene rings is 1. The van der Waals surface area contributed by atoms with Crippen molar-refractivity contribution in [3.8, 4) is 0 Å². The first-order valence-electron chi connectivity index (χ1n) is 9.87. The normalized spacial score (nSPS) is 19.8. The highest BCUT2D eigenvalue weighted by molar-refractivity contribution is 14.0. The van der Waals surface area contributed by atoms with Gasteiger partial charge in [-0.25, -0.2) is 4.39 Å². The van der Waals surface area contributed by atoms with Crippen molar-refractivity contribution in [1.82, 2.24) is 10.2 Å². The smallest absolute Gasteiger partial charge is 0.308 e. The zero-order valence-corrected chi connectivity index (χ0v) is 19.1. The van der Waals surface area contributed by atoms with Crippen LogP contribution in [0, 0.1) is 11.7 Å². The molecule has 28 heavy (non-hydrogen) atoms. The molecule has 0 amide bonds. The maximum atomic E-state index is 13.3. The third-order valence-electron chi connectivity index (χ3n) is 6.14. The summed E-state index contributed by atoms with van der Waals surface area (Å²) in [6, 6.07) is 6.96. The monoisotopic (exact) mass is 503 g/mol. The Labute approximate surface area is 184 Å². The van der Waals surface area contributed by atoms with Gasteiger partial charge in [0, 0.05) is 32.1 Å². The molecule has 1 saturated heterocycles. The molecule has 1 saturated carbocycles. The minimum atomic E-state index is -0.191. The summed E-state index contributed by atoms with van der Waals surface area (Å²) in [6.07, 6.45) is 6.18. The summed E-state index contributed by atoms with van der Waals surface area (Å²) < 4.78 is 18.2. The number of hydrogen-bond donors (Lipinski definition) is 1. The largest absolute Gasteiger partial charge is 0.469 e. The lowest BCUT2D eigenvalue weighted by molar-refractivity contribution is -0.146. The third-order valence-corrected chi connectivity index (χ3v) is 6.14. The lowest BCUT2D eigenvalue weighted by Gasteiger charge is -2.36. The van der Waals surface area contributed by atoms with E-state index < -0.39 is 0 Å². The van der Waals surface area contributed by atoms with Gasteiger partial charge in [-0.1, -0.05) is 25.0 Å². The van der Waals surface area contributed by atoms with E-state index in [2.05, 4.69) is 15.2 Å². The molecule has 1 aromatic rings. The number of aliphatic imine (C=N–C) groups is 1. The number of halogens is 2. The first-order chi connectivity index (χ1) is 13.1. The van der Waals surface area contributed by atoms with Crippen LogP contribution in [0.4, 0.5) is 4.39 Å². The van der Waals surface area contributed by atoms with Crippen molar-refractivity contribution < 1.29 is 13.9 Å². The Kier molecular flexibility index (Phi) is 8.52. The second-order valence-corrected chi connectivity index (χ2v) is 7.68. The Morgan fingerprint density at radius 1 is 1.25 bits per heavy atom. The first-order valence-corrected chi connectivity index (χ1v) is 9.87. The minimum absolute atomic E-state index is 0. The molecule has 0 radical (unpaired) electrons. The quantitative estimate of drug-likeness (QED) is 0.295. The number of nitrogens with zero attached hydrogens (tertiary/aromatic N) is 2. The number of likely N-dealkylation sites (tertiary alicyclic amines) is 1. The van der Waals surface area contributed by atoms with E-state index in [0.717, 1.165) is 51.3 Å². The van der Waals surface area contributed by atoms with Crippen LogP contribution in [0.1, 0.15) is 44.1 Å². The first kappa shape index (κ1) is 22.9. The molecule has 1 heterocycles. The molecule has 2 aliphatic rings. The molecule has 3 rings (SSSR count). The maximum absolute atomic E-state index is 13.3. The average molecular weight is 503 g/mol. The fraction of sp³-hybridized carbons (Fsp3) is 0.619. The second kappa shape index (κ2) is 10.4. The molecule has 1 aromatic carbocycles. The Bertz CT molecular complexity index is 667. The zero-order valence-electron chi connectivity index (χ0n) is 16.7. The second-order valence-electron chi connectivity index (χ2n) is 7.68. The number of guanidine groups is 1. The third kappa shape index (κ3) is 5.15. The van der Waals surface area contributed by atoms with Gasteiger partial charge in [0.05, 0.1) is 13.0 Å². The molecule has 7 heteroatoms. The van der Waals surface area contributed by atoms with Gasteiger partial charge in [-0.05, 0) is 43.4 Å². The van der Waals surface area contributed by atoms with E-state index in [1.165, 1.54) is 25.5 Å². The lowest BCUT2D eigenvalue weighted by atomic mass is 9.79. The number of carbonyl (C=O) groups excluding carboxylic acids is 1. The zero-order chi connectivity index (χ0) is 19.3. The van der Waals surface area contributed by atoms with Crippen LogP contribution in [0.25, 0.3) is 0 Å². The molecule has 5 nitrogen and oxygen atoms in total. The Morgan fingerprint density at radius 3 is 2.39 bits per heavy atom. The van der Waals surface area contributed by atoms with Crippen LogP contribution < -0.4 is 5.32 Å². The minimum Gasteiger partial charge on any atom is -0.469 e. The van der Waals surface area contributed by atoms with Gasteiger partial charge in [0.2, 0.25) is 0 Å². The molecule has 0 unspecified atom stereocenters. The summed E-state index contributed by atoms with van der Waals surface area (Å²) in [5.74, 6) is 0.569. The summed E-state index contributed by atoms with van der Waals surface area (Å²) in [4.78, 5) is 18.4. The Hall–Kier alpha value is -1.38. The van der Waals surface area contributed by atoms with Gasteiger partial charge in [0.15, 0.2) is 5.96 Å². The molecule has 0 spiro atoms. The molecular weight excluding hydrogens is 472 g/mol. The van der Waals surface area contributed by atoms with E-state index in [-0.39, 0.29) is 47.1 Å². The highest BCUT2D eigenvalue weighted by atomic mass is 127. The van der Waals surface area contributed by atoms with Crippen molar-refractivity contribution >= 4 is 35.9 Å². The van der Waals surface area contributed by atoms with E-state index in [4.69, 9.17) is 4.74 Å². The Morgan fingerprint density at radius 2 is 1.86 bits per heavy atom. The van der Waals surface area contributed by atoms with Gasteiger partial charge in [0.1, 0.15) is 5.82 Å². The van der Waals surface area contributed by atoms with Gasteiger partial charge in [-0.15, -0.1) is 24.0 Å². The SMILES string of the molecule is CN=C(NCC1(c2ccc(F)cc2)CCCC1)N1CCC(C(=O)OC)CC1.I. The topological polar surface area (TPSA) is 53.9 Å². The molecule has 0 atom stereocenters. The van der Waals surface area contributed by atoms with Crippen LogP contribution in [-0.4, -0.2) is 50.6 Å². The van der Waals surface area contributed by atoms with Gasteiger partial charge in [0.25, 0.3) is 0 Å². The van der Waals surface area contributed by atoms with Crippen LogP contribution in [0.2, 0.25) is 0 Å². The molecule has 1 aliphatic heterocycles. The van der Waals surface area contributed by atoms with Crippen molar-refractivity contribution in [2.24, 2.45) is 10.9 Å². The van der Waals surface area contributed by atoms with Gasteiger partial charge in [-0.2, -0.15) is 0 Å². The van der Waals surface area contributed by atoms with E-state index >= 15 is 0 Å². The summed E-state index contributed by atoms with van der Waals surface area (Å²) in [7, 11) is 3.25. The number of piperidine rings is 1. The standard InChI is InChI=1S/C21H30FN3O2.HI/c1-23-20(25-13-9-16(10-14-25)19(26)27-2)24-15-21(11-3-4-12-21)17-5-7-18(22)8-6-17;/h5-8,16H,3-4,9-15H2,1-2H3,(H,23,24);1H. The molecule has 0 bridgehead atoms. The molecule has 156 valence electrons. The van der Waals surface area contributed by atoms with Crippen LogP contribution in [-0.2, 0) is 14.9 Å². The molecule has 1 N–H and O–H groups in total. The van der Waals surface area contributed by atoms with Crippen LogP contribution >= 0.6 is 24.0 Å². The number of ether oxygens (including phenoxy) is 1. The fourth-order valence-corrected chi connectivity index (χ4v) is 4.50. The fourth-order valence-electron chi connectivity index (χ4n) is 4.50. The highest BCUT2D eigenvalue weighted by Crippen LogP contribution is 2.40. The van der Waals surface area contributed by atoms with Gasteiger partial charge < -0.3 is 15.0 Å². The summed E-state index contributed by atoms with van der Waals surface area (Å²) in [5, 5.41) is 3.56. The molecule has 1 aliphatic carbocycles. The van der Waals surface area contributed by atoms with Gasteiger partial charge in [-0.3, -0.25) is 9.79 Å². The van der Waals surface area contributed by atoms with Crippen molar-refractivity contribution in [3.63, 3.8) is 0 Å². The average Bonchev–Trinajstić information content (AvgIpc) is 3.19. The summed E-state index contributed by atoms with van der Waals surface area (Å²) in [6.45, 7) is 2.38. The van der Waals surface area contributed by atoms with Gasteiger partial charge >= 0.3 is 5.97 Å². The summed E-state index contributed by atoms with van der Waals surface area (Å²) in [5.41, 5.74) is 1.24. The maximum Gasteiger partial charge on any atom is 0.308 e. The number of nitrogens with one attached hydrogen (secondary N) is 1. The number of esters is 1. The highest BCUT2D eigenvalue weighted by Gasteiger charge is 2.36. The van der Waals surface area contributed by atoms with E-state index in [9.17, 15) is 9.18 Å². The van der Waals surface area contributed by atoms with E-state index in [1.54, 1.807) is 19.2 Å². The van der Waals surface area contributed by atoms with Crippen molar-refractivity contribution in [1.29, 1.82) is 0 Å². The van der Waals surface area contributed by atoms with Crippen LogP contribution in [0.15, 0.2) is 29.3 Å². The molecule has 0 aromatic heterocycles. The summed E-state index contributed by atoms with van der Waals surface area (Å²) >= 11 is 0. The molecular formula is C21H31FIN3O2. The van der Waals surface area contributed by atoms with Crippen molar-refractivity contribution in [3.05, 3.63) is 35.6 Å². The lowest BCUT2D eigenvalue weighted by Crippen LogP contribution is -2.49. The van der Waals surface area contributed by atoms with Crippen LogP contribution in [0.5, 0.6) is 0 Å². The van der Waals surface area contributed by atoms with Crippen LogP contribution in [0.3, 0.4) is 0 Å². The van der Waals surface area contributed by atoms with E-state index in [1.807, 2.05) is 12.1 Å². The van der Waals surface area contributed by atoms with E-state index in [0.29, 0.717) is 0 Å². The number of rotatable bonds is 4. The molecule has 2 fully saturated rings. The predicted octanol–water partition coefficient (Wildman–Crippen LogP) is 3.72.